The van der Waals surface area contributed by atoms with Gasteiger partial charge in [0.1, 0.15) is 0 Å². The van der Waals surface area contributed by atoms with E-state index >= 15 is 0 Å². The van der Waals surface area contributed by atoms with Crippen LogP contribution in [0.5, 0.6) is 0 Å². The molecule has 2 unspecified atom stereocenters. The molecule has 4 rings (SSSR count). The summed E-state index contributed by atoms with van der Waals surface area (Å²) in [5.41, 5.74) is 2.76. The number of piperidine rings is 1. The zero-order chi connectivity index (χ0) is 21.8. The van der Waals surface area contributed by atoms with E-state index in [0.29, 0.717) is 28.7 Å². The molecular formula is C25H31N3O3. The molecule has 2 fully saturated rings. The molecule has 0 bridgehead atoms. The molecule has 164 valence electrons. The first-order chi connectivity index (χ1) is 15.0. The van der Waals surface area contributed by atoms with Crippen molar-refractivity contribution in [2.75, 3.05) is 49.6 Å². The summed E-state index contributed by atoms with van der Waals surface area (Å²) >= 11 is 0. The van der Waals surface area contributed by atoms with E-state index in [9.17, 15) is 9.59 Å². The first kappa shape index (κ1) is 21.4. The average molecular weight is 422 g/mol. The molecule has 2 atom stereocenters. The number of rotatable bonds is 4. The van der Waals surface area contributed by atoms with E-state index in [2.05, 4.69) is 24.1 Å². The van der Waals surface area contributed by atoms with Crippen molar-refractivity contribution in [2.45, 2.75) is 20.3 Å². The van der Waals surface area contributed by atoms with Crippen molar-refractivity contribution in [3.63, 3.8) is 0 Å². The summed E-state index contributed by atoms with van der Waals surface area (Å²) in [6, 6.07) is 14.9. The Bertz CT molecular complexity index is 912. The van der Waals surface area contributed by atoms with Gasteiger partial charge in [0.15, 0.2) is 0 Å². The standard InChI is InChI=1S/C25H31N3O3/c1-18-15-19(2)17-28(16-18)25(30)22-5-3-4-6-23(22)26-24(29)20-7-9-21(10-8-20)27-11-13-31-14-12-27/h3-10,18-19H,11-17H2,1-2H3,(H,26,29). The molecule has 2 saturated heterocycles. The smallest absolute Gasteiger partial charge is 0.255 e. The van der Waals surface area contributed by atoms with Crippen molar-refractivity contribution in [3.05, 3.63) is 59.7 Å². The number of morpholine rings is 1. The molecule has 6 heteroatoms. The maximum atomic E-state index is 13.2. The Balaban J connectivity index is 1.47. The van der Waals surface area contributed by atoms with Crippen LogP contribution in [0.3, 0.4) is 0 Å². The maximum absolute atomic E-state index is 13.2. The number of nitrogens with one attached hydrogen (secondary N) is 1. The van der Waals surface area contributed by atoms with E-state index in [0.717, 1.165) is 51.5 Å². The van der Waals surface area contributed by atoms with Gasteiger partial charge in [-0.2, -0.15) is 0 Å². The fourth-order valence-electron chi connectivity index (χ4n) is 4.62. The number of benzene rings is 2. The monoisotopic (exact) mass is 421 g/mol. The number of carbonyl (C=O) groups is 2. The van der Waals surface area contributed by atoms with Crippen LogP contribution >= 0.6 is 0 Å². The second-order valence-corrected chi connectivity index (χ2v) is 8.80. The number of anilines is 2. The summed E-state index contributed by atoms with van der Waals surface area (Å²) < 4.78 is 5.40. The molecule has 0 spiro atoms. The molecule has 2 heterocycles. The first-order valence-electron chi connectivity index (χ1n) is 11.1. The van der Waals surface area contributed by atoms with Crippen LogP contribution in [0.1, 0.15) is 41.0 Å². The second kappa shape index (κ2) is 9.52. The number of hydrogen-bond donors (Lipinski definition) is 1. The predicted molar refractivity (Wildman–Crippen MR) is 123 cm³/mol. The lowest BCUT2D eigenvalue weighted by Crippen LogP contribution is -2.42. The molecule has 0 radical (unpaired) electrons. The molecule has 2 amide bonds. The Morgan fingerprint density at radius 2 is 1.58 bits per heavy atom. The molecule has 0 aliphatic carbocycles. The van der Waals surface area contributed by atoms with Crippen molar-refractivity contribution in [3.8, 4) is 0 Å². The largest absolute Gasteiger partial charge is 0.378 e. The van der Waals surface area contributed by atoms with Gasteiger partial charge in [0.05, 0.1) is 24.5 Å². The highest BCUT2D eigenvalue weighted by Crippen LogP contribution is 2.25. The maximum Gasteiger partial charge on any atom is 0.255 e. The number of ether oxygens (including phenoxy) is 1. The number of hydrogen-bond acceptors (Lipinski definition) is 4. The van der Waals surface area contributed by atoms with Gasteiger partial charge in [-0.1, -0.05) is 26.0 Å². The molecule has 2 aliphatic rings. The number of likely N-dealkylation sites (tertiary alicyclic amines) is 1. The molecule has 31 heavy (non-hydrogen) atoms. The van der Waals surface area contributed by atoms with E-state index in [-0.39, 0.29) is 11.8 Å². The lowest BCUT2D eigenvalue weighted by Gasteiger charge is -2.35. The van der Waals surface area contributed by atoms with Crippen LogP contribution in [-0.2, 0) is 4.74 Å². The molecular weight excluding hydrogens is 390 g/mol. The lowest BCUT2D eigenvalue weighted by atomic mass is 9.91. The third kappa shape index (κ3) is 5.07. The van der Waals surface area contributed by atoms with Gasteiger partial charge in [0.25, 0.3) is 11.8 Å². The third-order valence-corrected chi connectivity index (χ3v) is 6.07. The van der Waals surface area contributed by atoms with E-state index in [4.69, 9.17) is 4.74 Å². The van der Waals surface area contributed by atoms with Crippen molar-refractivity contribution >= 4 is 23.2 Å². The molecule has 2 aromatic carbocycles. The van der Waals surface area contributed by atoms with Gasteiger partial charge in [-0.3, -0.25) is 9.59 Å². The Morgan fingerprint density at radius 1 is 0.935 bits per heavy atom. The number of carbonyl (C=O) groups excluding carboxylic acids is 2. The minimum absolute atomic E-state index is 0.0167. The minimum Gasteiger partial charge on any atom is -0.378 e. The van der Waals surface area contributed by atoms with E-state index in [1.54, 1.807) is 12.1 Å². The highest BCUT2D eigenvalue weighted by Gasteiger charge is 2.27. The van der Waals surface area contributed by atoms with Gasteiger partial charge >= 0.3 is 0 Å². The van der Waals surface area contributed by atoms with Gasteiger partial charge in [0.2, 0.25) is 0 Å². The average Bonchev–Trinajstić information content (AvgIpc) is 2.79. The van der Waals surface area contributed by atoms with Gasteiger partial charge < -0.3 is 19.9 Å². The molecule has 0 aromatic heterocycles. The van der Waals surface area contributed by atoms with Crippen molar-refractivity contribution in [2.24, 2.45) is 11.8 Å². The lowest BCUT2D eigenvalue weighted by molar-refractivity contribution is 0.0624. The Morgan fingerprint density at radius 3 is 2.26 bits per heavy atom. The summed E-state index contributed by atoms with van der Waals surface area (Å²) in [6.45, 7) is 9.05. The summed E-state index contributed by atoms with van der Waals surface area (Å²) in [7, 11) is 0. The highest BCUT2D eigenvalue weighted by molar-refractivity contribution is 6.09. The Kier molecular flexibility index (Phi) is 6.56. The summed E-state index contributed by atoms with van der Waals surface area (Å²) in [6.07, 6.45) is 1.14. The van der Waals surface area contributed by atoms with E-state index in [1.165, 1.54) is 0 Å². The van der Waals surface area contributed by atoms with Gasteiger partial charge in [0, 0.05) is 37.4 Å². The summed E-state index contributed by atoms with van der Waals surface area (Å²) in [4.78, 5) is 30.3. The van der Waals surface area contributed by atoms with Crippen LogP contribution in [0, 0.1) is 11.8 Å². The third-order valence-electron chi connectivity index (χ3n) is 6.07. The van der Waals surface area contributed by atoms with Gasteiger partial charge in [-0.05, 0) is 54.7 Å². The number of amides is 2. The fourth-order valence-corrected chi connectivity index (χ4v) is 4.62. The zero-order valence-corrected chi connectivity index (χ0v) is 18.3. The quantitative estimate of drug-likeness (QED) is 0.814. The predicted octanol–water partition coefficient (Wildman–Crippen LogP) is 3.89. The molecule has 2 aromatic rings. The van der Waals surface area contributed by atoms with Crippen molar-refractivity contribution < 1.29 is 14.3 Å². The van der Waals surface area contributed by atoms with Crippen LogP contribution in [0.25, 0.3) is 0 Å². The van der Waals surface area contributed by atoms with Crippen LogP contribution in [0.2, 0.25) is 0 Å². The normalized spacial score (nSPS) is 21.6. The molecule has 2 aliphatic heterocycles. The van der Waals surface area contributed by atoms with Crippen molar-refractivity contribution in [1.29, 1.82) is 0 Å². The second-order valence-electron chi connectivity index (χ2n) is 8.80. The van der Waals surface area contributed by atoms with Crippen LogP contribution < -0.4 is 10.2 Å². The molecule has 1 N–H and O–H groups in total. The molecule has 6 nitrogen and oxygen atoms in total. The number of para-hydroxylation sites is 1. The highest BCUT2D eigenvalue weighted by atomic mass is 16.5. The Hall–Kier alpha value is -2.86. The minimum atomic E-state index is -0.214. The van der Waals surface area contributed by atoms with Crippen molar-refractivity contribution in [1.82, 2.24) is 4.90 Å². The van der Waals surface area contributed by atoms with E-state index < -0.39 is 0 Å². The summed E-state index contributed by atoms with van der Waals surface area (Å²) in [5.74, 6) is 0.741. The van der Waals surface area contributed by atoms with Crippen LogP contribution in [-0.4, -0.2) is 56.1 Å². The topological polar surface area (TPSA) is 61.9 Å². The summed E-state index contributed by atoms with van der Waals surface area (Å²) in [5, 5.41) is 2.95. The van der Waals surface area contributed by atoms with Crippen LogP contribution in [0.4, 0.5) is 11.4 Å². The SMILES string of the molecule is CC1CC(C)CN(C(=O)c2ccccc2NC(=O)c2ccc(N3CCOCC3)cc2)C1. The van der Waals surface area contributed by atoms with E-state index in [1.807, 2.05) is 41.3 Å². The Labute approximate surface area is 184 Å². The van der Waals surface area contributed by atoms with Gasteiger partial charge in [-0.15, -0.1) is 0 Å². The fraction of sp³-hybridized carbons (Fsp3) is 0.440. The number of nitrogens with zero attached hydrogens (tertiary/aromatic N) is 2. The van der Waals surface area contributed by atoms with Gasteiger partial charge in [-0.25, -0.2) is 0 Å². The zero-order valence-electron chi connectivity index (χ0n) is 18.3. The first-order valence-corrected chi connectivity index (χ1v) is 11.1. The molecule has 0 saturated carbocycles. The van der Waals surface area contributed by atoms with Crippen LogP contribution in [0.15, 0.2) is 48.5 Å².